The molecule has 1 heterocycles. The van der Waals surface area contributed by atoms with Crippen molar-refractivity contribution < 1.29 is 29.0 Å². The van der Waals surface area contributed by atoms with Gasteiger partial charge in [0, 0.05) is 35.9 Å². The minimum absolute atomic E-state index is 0.0177. The summed E-state index contributed by atoms with van der Waals surface area (Å²) in [4.78, 5) is 33.5. The molecule has 0 saturated carbocycles. The summed E-state index contributed by atoms with van der Waals surface area (Å²) >= 11 is 3.16. The Morgan fingerprint density at radius 3 is 2.52 bits per heavy atom. The average molecular weight is 415 g/mol. The zero-order chi connectivity index (χ0) is 19.0. The van der Waals surface area contributed by atoms with Crippen LogP contribution in [0.4, 0.5) is 0 Å². The first kappa shape index (κ1) is 20.7. The SMILES string of the molecule is CC.O=C(O)CCCC(=O)OCc1cc(=O)oc2cc(O)c(Br)cc12. The van der Waals surface area contributed by atoms with Crippen molar-refractivity contribution in [1.29, 1.82) is 0 Å². The lowest BCUT2D eigenvalue weighted by atomic mass is 10.1. The molecule has 7 nitrogen and oxygen atoms in total. The molecule has 25 heavy (non-hydrogen) atoms. The summed E-state index contributed by atoms with van der Waals surface area (Å²) < 4.78 is 10.5. The van der Waals surface area contributed by atoms with E-state index in [9.17, 15) is 19.5 Å². The average Bonchev–Trinajstić information content (AvgIpc) is 2.56. The fourth-order valence-electron chi connectivity index (χ4n) is 1.97. The molecule has 0 fully saturated rings. The number of carbonyl (C=O) groups is 2. The molecular formula is C17H19BrO7. The molecule has 1 aromatic carbocycles. The Hall–Kier alpha value is -2.35. The summed E-state index contributed by atoms with van der Waals surface area (Å²) in [5.74, 6) is -1.61. The summed E-state index contributed by atoms with van der Waals surface area (Å²) in [6, 6.07) is 4.05. The molecule has 0 spiro atoms. The molecule has 2 N–H and O–H groups in total. The molecule has 0 unspecified atom stereocenters. The summed E-state index contributed by atoms with van der Waals surface area (Å²) in [7, 11) is 0. The molecule has 0 bridgehead atoms. The van der Waals surface area contributed by atoms with Crippen LogP contribution in [0.2, 0.25) is 0 Å². The van der Waals surface area contributed by atoms with E-state index >= 15 is 0 Å². The highest BCUT2D eigenvalue weighted by Crippen LogP contribution is 2.30. The van der Waals surface area contributed by atoms with Gasteiger partial charge in [0.25, 0.3) is 0 Å². The molecule has 0 atom stereocenters. The first-order valence-corrected chi connectivity index (χ1v) is 8.49. The lowest BCUT2D eigenvalue weighted by Gasteiger charge is -2.08. The van der Waals surface area contributed by atoms with Gasteiger partial charge in [0.05, 0.1) is 4.47 Å². The van der Waals surface area contributed by atoms with Gasteiger partial charge in [-0.15, -0.1) is 0 Å². The maximum Gasteiger partial charge on any atom is 0.336 e. The Bertz CT molecular complexity index is 810. The van der Waals surface area contributed by atoms with E-state index in [1.54, 1.807) is 6.07 Å². The number of aromatic hydroxyl groups is 1. The zero-order valence-electron chi connectivity index (χ0n) is 13.9. The predicted molar refractivity (Wildman–Crippen MR) is 94.5 cm³/mol. The normalized spacial score (nSPS) is 10.0. The van der Waals surface area contributed by atoms with Gasteiger partial charge in [-0.05, 0) is 28.4 Å². The maximum absolute atomic E-state index is 11.6. The fraction of sp³-hybridized carbons (Fsp3) is 0.353. The minimum atomic E-state index is -0.978. The van der Waals surface area contributed by atoms with Crippen LogP contribution in [0.1, 0.15) is 38.7 Å². The van der Waals surface area contributed by atoms with Gasteiger partial charge in [0.2, 0.25) is 0 Å². The lowest BCUT2D eigenvalue weighted by Crippen LogP contribution is -2.08. The molecule has 0 radical (unpaired) electrons. The van der Waals surface area contributed by atoms with Crippen LogP contribution in [-0.2, 0) is 20.9 Å². The summed E-state index contributed by atoms with van der Waals surface area (Å²) in [6.07, 6.45) is 0.0561. The second-order valence-electron chi connectivity index (χ2n) is 4.80. The maximum atomic E-state index is 11.6. The molecule has 136 valence electrons. The molecule has 8 heteroatoms. The molecule has 0 amide bonds. The van der Waals surface area contributed by atoms with E-state index in [0.717, 1.165) is 0 Å². The molecule has 0 aliphatic rings. The largest absolute Gasteiger partial charge is 0.507 e. The Morgan fingerprint density at radius 1 is 1.20 bits per heavy atom. The quantitative estimate of drug-likeness (QED) is 0.548. The molecule has 2 rings (SSSR count). The van der Waals surface area contributed by atoms with Crippen LogP contribution < -0.4 is 5.63 Å². The Labute approximate surface area is 152 Å². The summed E-state index contributed by atoms with van der Waals surface area (Å²) in [5, 5.41) is 18.6. The van der Waals surface area contributed by atoms with Crippen molar-refractivity contribution in [2.75, 3.05) is 0 Å². The number of aliphatic carboxylic acids is 1. The van der Waals surface area contributed by atoms with Gasteiger partial charge in [-0.1, -0.05) is 13.8 Å². The number of phenols is 1. The van der Waals surface area contributed by atoms with Crippen LogP contribution in [-0.4, -0.2) is 22.2 Å². The van der Waals surface area contributed by atoms with E-state index in [-0.39, 0.29) is 37.2 Å². The van der Waals surface area contributed by atoms with E-state index in [4.69, 9.17) is 14.3 Å². The van der Waals surface area contributed by atoms with E-state index in [0.29, 0.717) is 15.4 Å². The van der Waals surface area contributed by atoms with Crippen molar-refractivity contribution in [3.63, 3.8) is 0 Å². The van der Waals surface area contributed by atoms with Crippen LogP contribution in [0.5, 0.6) is 5.75 Å². The molecule has 1 aromatic heterocycles. The van der Waals surface area contributed by atoms with Crippen LogP contribution in [0.15, 0.2) is 31.9 Å². The number of benzene rings is 1. The van der Waals surface area contributed by atoms with Gasteiger partial charge in [-0.25, -0.2) is 4.79 Å². The molecule has 2 aromatic rings. The zero-order valence-corrected chi connectivity index (χ0v) is 15.5. The number of halogens is 1. The number of carbonyl (C=O) groups excluding carboxylic acids is 1. The number of ether oxygens (including phenoxy) is 1. The predicted octanol–water partition coefficient (Wildman–Crippen LogP) is 3.59. The third-order valence-electron chi connectivity index (χ3n) is 3.06. The first-order valence-electron chi connectivity index (χ1n) is 7.69. The molecule has 0 aliphatic heterocycles. The van der Waals surface area contributed by atoms with Gasteiger partial charge < -0.3 is 19.4 Å². The van der Waals surface area contributed by atoms with Crippen molar-refractivity contribution >= 4 is 38.8 Å². The standard InChI is InChI=1S/C15H13BrO7.C2H6/c16-10-5-9-8(4-15(21)23-12(9)6-11(10)17)7-22-14(20)3-1-2-13(18)19;1-2/h4-6,17H,1-3,7H2,(H,18,19);1-2H3. The number of phenolic OH excluding ortho intramolecular Hbond substituents is 1. The van der Waals surface area contributed by atoms with Gasteiger partial charge >= 0.3 is 17.6 Å². The second-order valence-corrected chi connectivity index (χ2v) is 5.65. The van der Waals surface area contributed by atoms with Gasteiger partial charge in [0.15, 0.2) is 0 Å². The van der Waals surface area contributed by atoms with Gasteiger partial charge in [-0.2, -0.15) is 0 Å². The number of hydrogen-bond acceptors (Lipinski definition) is 6. The van der Waals surface area contributed by atoms with Crippen LogP contribution >= 0.6 is 15.9 Å². The van der Waals surface area contributed by atoms with Gasteiger partial charge in [0.1, 0.15) is 17.9 Å². The smallest absolute Gasteiger partial charge is 0.336 e. The topological polar surface area (TPSA) is 114 Å². The van der Waals surface area contributed by atoms with Crippen molar-refractivity contribution in [2.24, 2.45) is 0 Å². The Kier molecular flexibility index (Phi) is 8.13. The molecular weight excluding hydrogens is 396 g/mol. The number of hydrogen-bond donors (Lipinski definition) is 2. The highest BCUT2D eigenvalue weighted by atomic mass is 79.9. The second kappa shape index (κ2) is 9.83. The summed E-state index contributed by atoms with van der Waals surface area (Å²) in [5.41, 5.74) is -0.0187. The van der Waals surface area contributed by atoms with Gasteiger partial charge in [-0.3, -0.25) is 9.59 Å². The van der Waals surface area contributed by atoms with E-state index in [1.165, 1.54) is 12.1 Å². The van der Waals surface area contributed by atoms with Crippen LogP contribution in [0.3, 0.4) is 0 Å². The number of rotatable bonds is 6. The van der Waals surface area contributed by atoms with Crippen LogP contribution in [0.25, 0.3) is 11.0 Å². The number of carboxylic acid groups (broad SMARTS) is 1. The Morgan fingerprint density at radius 2 is 1.88 bits per heavy atom. The number of fused-ring (bicyclic) bond motifs is 1. The third-order valence-corrected chi connectivity index (χ3v) is 3.69. The van der Waals surface area contributed by atoms with Crippen LogP contribution in [0, 0.1) is 0 Å². The van der Waals surface area contributed by atoms with Crippen molar-refractivity contribution in [2.45, 2.75) is 39.7 Å². The summed E-state index contributed by atoms with van der Waals surface area (Å²) in [6.45, 7) is 3.85. The van der Waals surface area contributed by atoms with Crippen molar-refractivity contribution in [3.8, 4) is 5.75 Å². The molecule has 0 saturated heterocycles. The lowest BCUT2D eigenvalue weighted by molar-refractivity contribution is -0.145. The highest BCUT2D eigenvalue weighted by molar-refractivity contribution is 9.10. The fourth-order valence-corrected chi connectivity index (χ4v) is 2.31. The van der Waals surface area contributed by atoms with E-state index < -0.39 is 17.6 Å². The highest BCUT2D eigenvalue weighted by Gasteiger charge is 2.12. The molecule has 0 aliphatic carbocycles. The van der Waals surface area contributed by atoms with E-state index in [2.05, 4.69) is 15.9 Å². The minimum Gasteiger partial charge on any atom is -0.507 e. The third kappa shape index (κ3) is 6.22. The number of carboxylic acids is 1. The van der Waals surface area contributed by atoms with Crippen molar-refractivity contribution in [3.05, 3.63) is 38.7 Å². The van der Waals surface area contributed by atoms with E-state index in [1.807, 2.05) is 13.8 Å². The first-order chi connectivity index (χ1) is 11.9. The Balaban J connectivity index is 0.00000151. The number of esters is 1. The monoisotopic (exact) mass is 414 g/mol. The van der Waals surface area contributed by atoms with Crippen molar-refractivity contribution in [1.82, 2.24) is 0 Å².